The van der Waals surface area contributed by atoms with Crippen LogP contribution in [-0.4, -0.2) is 20.5 Å². The summed E-state index contributed by atoms with van der Waals surface area (Å²) in [6.45, 7) is 13.1. The normalized spacial score (nSPS) is 12.3. The van der Waals surface area contributed by atoms with Gasteiger partial charge in [-0.1, -0.05) is 75.4 Å². The predicted molar refractivity (Wildman–Crippen MR) is 166 cm³/mol. The Labute approximate surface area is 229 Å². The van der Waals surface area contributed by atoms with Crippen LogP contribution in [0.5, 0.6) is 17.2 Å². The summed E-state index contributed by atoms with van der Waals surface area (Å²) in [5, 5.41) is 15.4. The van der Waals surface area contributed by atoms with Crippen molar-refractivity contribution < 1.29 is 14.3 Å². The number of aromatic hydroxyl groups is 1. The molecule has 0 unspecified atom stereocenters. The van der Waals surface area contributed by atoms with Crippen LogP contribution in [0.25, 0.3) is 0 Å². The Morgan fingerprint density at radius 2 is 1.18 bits per heavy atom. The molecule has 0 saturated heterocycles. The summed E-state index contributed by atoms with van der Waals surface area (Å²) in [5.74, 6) is 1.60. The average Bonchev–Trinajstić information content (AvgIpc) is 2.91. The van der Waals surface area contributed by atoms with Gasteiger partial charge >= 0.3 is 0 Å². The zero-order valence-electron chi connectivity index (χ0n) is 23.7. The molecule has 0 saturated carbocycles. The Kier molecular flexibility index (Phi) is 8.06. The summed E-state index contributed by atoms with van der Waals surface area (Å²) in [6, 6.07) is 34.3. The first kappa shape index (κ1) is 27.9. The van der Waals surface area contributed by atoms with Crippen molar-refractivity contribution in [1.82, 2.24) is 0 Å². The Bertz CT molecular complexity index is 1270. The van der Waals surface area contributed by atoms with Gasteiger partial charge in [-0.25, -0.2) is 0 Å². The molecule has 0 radical (unpaired) electrons. The van der Waals surface area contributed by atoms with E-state index < -0.39 is 15.6 Å². The topological polar surface area (TPSA) is 38.7 Å². The minimum absolute atomic E-state index is 0.0266. The van der Waals surface area contributed by atoms with Gasteiger partial charge < -0.3 is 14.3 Å². The first-order chi connectivity index (χ1) is 18.0. The lowest BCUT2D eigenvalue weighted by Gasteiger charge is -2.37. The van der Waals surface area contributed by atoms with Gasteiger partial charge in [0, 0.05) is 11.1 Å². The first-order valence-electron chi connectivity index (χ1n) is 13.1. The van der Waals surface area contributed by atoms with Crippen molar-refractivity contribution in [3.05, 3.63) is 108 Å². The zero-order valence-corrected chi connectivity index (χ0v) is 25.6. The standard InChI is InChI=1S/C33H39O3PSi/c1-25-31(34)26(23-30(32(25)35-5)36-38(6,7)33(2,3)4)24-37(27-17-11-8-12-18-27,28-19-13-9-14-20-28)29-21-15-10-16-22-29/h8-23H,24H2,1-7H3/p+1. The van der Waals surface area contributed by atoms with Gasteiger partial charge in [0.2, 0.25) is 0 Å². The summed E-state index contributed by atoms with van der Waals surface area (Å²) in [4.78, 5) is 0. The van der Waals surface area contributed by atoms with Crippen LogP contribution in [0.1, 0.15) is 31.9 Å². The highest BCUT2D eigenvalue weighted by Crippen LogP contribution is 2.60. The zero-order chi connectivity index (χ0) is 27.6. The lowest BCUT2D eigenvalue weighted by Crippen LogP contribution is -2.44. The maximum Gasteiger partial charge on any atom is 0.250 e. The molecule has 0 aliphatic carbocycles. The van der Waals surface area contributed by atoms with Crippen LogP contribution in [0.15, 0.2) is 97.1 Å². The third-order valence-corrected chi connectivity index (χ3v) is 16.6. The van der Waals surface area contributed by atoms with Gasteiger partial charge in [-0.05, 0) is 67.5 Å². The van der Waals surface area contributed by atoms with E-state index in [0.29, 0.717) is 17.5 Å². The Hall–Kier alpha value is -3.07. The third-order valence-electron chi connectivity index (χ3n) is 7.90. The van der Waals surface area contributed by atoms with Crippen molar-refractivity contribution in [2.24, 2.45) is 0 Å². The minimum Gasteiger partial charge on any atom is -0.541 e. The van der Waals surface area contributed by atoms with Crippen LogP contribution >= 0.6 is 7.26 Å². The van der Waals surface area contributed by atoms with E-state index in [1.165, 1.54) is 15.9 Å². The molecule has 0 aliphatic heterocycles. The number of phenols is 1. The fourth-order valence-electron chi connectivity index (χ4n) is 4.73. The second-order valence-electron chi connectivity index (χ2n) is 11.4. The largest absolute Gasteiger partial charge is 0.541 e. The lowest BCUT2D eigenvalue weighted by molar-refractivity contribution is 0.375. The van der Waals surface area contributed by atoms with E-state index in [0.717, 1.165) is 11.3 Å². The van der Waals surface area contributed by atoms with Gasteiger partial charge in [-0.2, -0.15) is 0 Å². The smallest absolute Gasteiger partial charge is 0.250 e. The second-order valence-corrected chi connectivity index (χ2v) is 19.6. The van der Waals surface area contributed by atoms with Crippen molar-refractivity contribution in [2.75, 3.05) is 7.11 Å². The molecule has 0 aliphatic rings. The Morgan fingerprint density at radius 1 is 0.763 bits per heavy atom. The van der Waals surface area contributed by atoms with Crippen LogP contribution in [0.2, 0.25) is 18.1 Å². The molecule has 0 spiro atoms. The number of benzene rings is 4. The van der Waals surface area contributed by atoms with E-state index in [-0.39, 0.29) is 10.8 Å². The fraction of sp³-hybridized carbons (Fsp3) is 0.273. The Balaban J connectivity index is 1.99. The quantitative estimate of drug-likeness (QED) is 0.184. The van der Waals surface area contributed by atoms with Crippen molar-refractivity contribution >= 4 is 31.5 Å². The summed E-state index contributed by atoms with van der Waals surface area (Å²) in [5.41, 5.74) is 1.59. The van der Waals surface area contributed by atoms with Crippen molar-refractivity contribution in [1.29, 1.82) is 0 Å². The van der Waals surface area contributed by atoms with Gasteiger partial charge in [0.05, 0.1) is 7.11 Å². The number of phenolic OH excluding ortho intramolecular Hbond substituents is 1. The van der Waals surface area contributed by atoms with Gasteiger partial charge in [0.1, 0.15) is 40.8 Å². The second kappa shape index (κ2) is 11.0. The highest BCUT2D eigenvalue weighted by atomic mass is 31.2. The molecule has 198 valence electrons. The van der Waals surface area contributed by atoms with E-state index >= 15 is 0 Å². The van der Waals surface area contributed by atoms with E-state index in [4.69, 9.17) is 9.16 Å². The average molecular weight is 544 g/mol. The van der Waals surface area contributed by atoms with Gasteiger partial charge in [0.25, 0.3) is 8.32 Å². The molecule has 0 aromatic heterocycles. The maximum atomic E-state index is 11.6. The lowest BCUT2D eigenvalue weighted by atomic mass is 10.1. The molecule has 4 aromatic carbocycles. The highest BCUT2D eigenvalue weighted by Gasteiger charge is 2.47. The third kappa shape index (κ3) is 5.25. The minimum atomic E-state index is -2.19. The number of rotatable bonds is 8. The molecule has 0 bridgehead atoms. The van der Waals surface area contributed by atoms with Crippen molar-refractivity contribution in [2.45, 2.75) is 52.0 Å². The molecule has 4 rings (SSSR count). The molecule has 0 fully saturated rings. The molecule has 0 atom stereocenters. The number of hydrogen-bond acceptors (Lipinski definition) is 3. The molecule has 0 heterocycles. The van der Waals surface area contributed by atoms with E-state index in [2.05, 4.69) is 125 Å². The summed E-state index contributed by atoms with van der Waals surface area (Å²) in [6.07, 6.45) is 0.662. The van der Waals surface area contributed by atoms with E-state index in [9.17, 15) is 5.11 Å². The number of hydrogen-bond donors (Lipinski definition) is 1. The van der Waals surface area contributed by atoms with Gasteiger partial charge in [0.15, 0.2) is 5.75 Å². The highest BCUT2D eigenvalue weighted by molar-refractivity contribution is 7.95. The summed E-state index contributed by atoms with van der Waals surface area (Å²) in [7, 11) is -2.71. The van der Waals surface area contributed by atoms with Crippen LogP contribution < -0.4 is 25.1 Å². The molecular formula is C33H40O3PSi+. The molecule has 5 heteroatoms. The molecular weight excluding hydrogens is 503 g/mol. The van der Waals surface area contributed by atoms with E-state index in [1.807, 2.05) is 13.0 Å². The Morgan fingerprint density at radius 3 is 1.55 bits per heavy atom. The van der Waals surface area contributed by atoms with Crippen LogP contribution in [0.4, 0.5) is 0 Å². The van der Waals surface area contributed by atoms with Crippen molar-refractivity contribution in [3.63, 3.8) is 0 Å². The van der Waals surface area contributed by atoms with Crippen molar-refractivity contribution in [3.8, 4) is 17.2 Å². The summed E-state index contributed by atoms with van der Waals surface area (Å²) < 4.78 is 12.6. The maximum absolute atomic E-state index is 11.6. The number of methoxy groups -OCH3 is 1. The van der Waals surface area contributed by atoms with Crippen LogP contribution in [0, 0.1) is 6.92 Å². The SMILES string of the molecule is COc1c(O[Si](C)(C)C(C)(C)C)cc(C[P+](c2ccccc2)(c2ccccc2)c2ccccc2)c(O)c1C. The molecule has 0 amide bonds. The molecule has 38 heavy (non-hydrogen) atoms. The first-order valence-corrected chi connectivity index (χ1v) is 18.0. The van der Waals surface area contributed by atoms with E-state index in [1.54, 1.807) is 7.11 Å². The fourth-order valence-corrected chi connectivity index (χ4v) is 9.97. The molecule has 4 aromatic rings. The predicted octanol–water partition coefficient (Wildman–Crippen LogP) is 7.59. The monoisotopic (exact) mass is 543 g/mol. The number of ether oxygens (including phenoxy) is 1. The summed E-state index contributed by atoms with van der Waals surface area (Å²) >= 11 is 0. The van der Waals surface area contributed by atoms with Gasteiger partial charge in [-0.15, -0.1) is 0 Å². The van der Waals surface area contributed by atoms with Crippen LogP contribution in [-0.2, 0) is 6.16 Å². The molecule has 1 N–H and O–H groups in total. The van der Waals surface area contributed by atoms with Crippen LogP contribution in [0.3, 0.4) is 0 Å². The molecule has 3 nitrogen and oxygen atoms in total. The van der Waals surface area contributed by atoms with Gasteiger partial charge in [-0.3, -0.25) is 0 Å².